The van der Waals surface area contributed by atoms with E-state index < -0.39 is 23.2 Å². The van der Waals surface area contributed by atoms with Gasteiger partial charge in [-0.15, -0.1) is 0 Å². The number of amides is 1. The molecule has 0 atom stereocenters. The summed E-state index contributed by atoms with van der Waals surface area (Å²) in [6.45, 7) is 3.84. The first-order valence-corrected chi connectivity index (χ1v) is 8.94. The number of carbonyl (C=O) groups is 1. The molecule has 1 fully saturated rings. The summed E-state index contributed by atoms with van der Waals surface area (Å²) >= 11 is 0. The van der Waals surface area contributed by atoms with Gasteiger partial charge in [0, 0.05) is 19.6 Å². The van der Waals surface area contributed by atoms with Crippen molar-refractivity contribution in [3.63, 3.8) is 0 Å². The molecular weight excluding hydrogens is 355 g/mol. The van der Waals surface area contributed by atoms with Gasteiger partial charge in [0.15, 0.2) is 0 Å². The summed E-state index contributed by atoms with van der Waals surface area (Å²) in [7, 11) is 0. The molecule has 2 aromatic rings. The Hall–Kier alpha value is -2.38. The first-order chi connectivity index (χ1) is 13.0. The third kappa shape index (κ3) is 5.55. The summed E-state index contributed by atoms with van der Waals surface area (Å²) in [5.41, 5.74) is 0.632. The van der Waals surface area contributed by atoms with Crippen LogP contribution in [0.1, 0.15) is 12.0 Å². The van der Waals surface area contributed by atoms with Gasteiger partial charge < -0.3 is 5.32 Å². The lowest BCUT2D eigenvalue weighted by atomic mass is 10.2. The largest absolute Gasteiger partial charge is 0.320 e. The van der Waals surface area contributed by atoms with Crippen LogP contribution in [0, 0.1) is 17.5 Å². The van der Waals surface area contributed by atoms with Gasteiger partial charge in [0.2, 0.25) is 5.91 Å². The molecule has 1 aliphatic heterocycles. The van der Waals surface area contributed by atoms with Crippen LogP contribution in [0.2, 0.25) is 0 Å². The van der Waals surface area contributed by atoms with Crippen LogP contribution in [0.3, 0.4) is 0 Å². The molecule has 7 heteroatoms. The lowest BCUT2D eigenvalue weighted by molar-refractivity contribution is -0.117. The van der Waals surface area contributed by atoms with E-state index in [4.69, 9.17) is 0 Å². The predicted molar refractivity (Wildman–Crippen MR) is 97.7 cm³/mol. The number of benzene rings is 2. The number of nitrogens with one attached hydrogen (secondary N) is 1. The summed E-state index contributed by atoms with van der Waals surface area (Å²) < 4.78 is 40.3. The second-order valence-corrected chi connectivity index (χ2v) is 6.68. The topological polar surface area (TPSA) is 35.6 Å². The van der Waals surface area contributed by atoms with Crippen LogP contribution in [0.15, 0.2) is 42.5 Å². The van der Waals surface area contributed by atoms with Crippen LogP contribution < -0.4 is 5.32 Å². The molecule has 1 aliphatic rings. The predicted octanol–water partition coefficient (Wildman–Crippen LogP) is 3.25. The minimum atomic E-state index is -0.787. The normalized spacial score (nSPS) is 16.1. The summed E-state index contributed by atoms with van der Waals surface area (Å²) in [4.78, 5) is 16.4. The fraction of sp³-hybridized carbons (Fsp3) is 0.350. The Balaban J connectivity index is 1.50. The van der Waals surface area contributed by atoms with E-state index in [-0.39, 0.29) is 12.4 Å². The van der Waals surface area contributed by atoms with E-state index in [0.29, 0.717) is 6.54 Å². The summed E-state index contributed by atoms with van der Waals surface area (Å²) in [5.74, 6) is -2.27. The molecule has 2 aromatic carbocycles. The zero-order chi connectivity index (χ0) is 19.2. The zero-order valence-electron chi connectivity index (χ0n) is 14.9. The molecule has 144 valence electrons. The zero-order valence-corrected chi connectivity index (χ0v) is 14.9. The van der Waals surface area contributed by atoms with Crippen molar-refractivity contribution in [3.8, 4) is 0 Å². The Morgan fingerprint density at radius 2 is 1.52 bits per heavy atom. The summed E-state index contributed by atoms with van der Waals surface area (Å²) in [6.07, 6.45) is 0.878. The number of anilines is 1. The fourth-order valence-corrected chi connectivity index (χ4v) is 3.19. The molecule has 1 N–H and O–H groups in total. The van der Waals surface area contributed by atoms with Gasteiger partial charge in [0.25, 0.3) is 0 Å². The SMILES string of the molecule is O=C(CN1CCCN(Cc2ccc(F)cc2)CC1)Nc1c(F)cccc1F. The molecule has 3 rings (SSSR count). The second-order valence-electron chi connectivity index (χ2n) is 6.68. The highest BCUT2D eigenvalue weighted by molar-refractivity contribution is 5.92. The summed E-state index contributed by atoms with van der Waals surface area (Å²) in [6, 6.07) is 9.92. The minimum Gasteiger partial charge on any atom is -0.320 e. The van der Waals surface area contributed by atoms with Crippen LogP contribution in [-0.4, -0.2) is 48.4 Å². The Bertz CT molecular complexity index is 762. The average Bonchev–Trinajstić information content (AvgIpc) is 2.85. The molecule has 0 aromatic heterocycles. The second kappa shape index (κ2) is 9.01. The van der Waals surface area contributed by atoms with Gasteiger partial charge in [-0.3, -0.25) is 14.6 Å². The smallest absolute Gasteiger partial charge is 0.238 e. The van der Waals surface area contributed by atoms with Crippen molar-refractivity contribution in [3.05, 3.63) is 65.5 Å². The average molecular weight is 377 g/mol. The van der Waals surface area contributed by atoms with Crippen molar-refractivity contribution < 1.29 is 18.0 Å². The van der Waals surface area contributed by atoms with E-state index in [0.717, 1.165) is 50.3 Å². The highest BCUT2D eigenvalue weighted by Crippen LogP contribution is 2.18. The Kier molecular flexibility index (Phi) is 6.47. The van der Waals surface area contributed by atoms with E-state index in [9.17, 15) is 18.0 Å². The molecule has 0 aliphatic carbocycles. The van der Waals surface area contributed by atoms with Gasteiger partial charge >= 0.3 is 0 Å². The Morgan fingerprint density at radius 3 is 2.22 bits per heavy atom. The van der Waals surface area contributed by atoms with Gasteiger partial charge in [0.1, 0.15) is 23.1 Å². The quantitative estimate of drug-likeness (QED) is 0.869. The van der Waals surface area contributed by atoms with Gasteiger partial charge in [-0.05, 0) is 49.3 Å². The van der Waals surface area contributed by atoms with Gasteiger partial charge in [-0.2, -0.15) is 0 Å². The molecule has 0 bridgehead atoms. The van der Waals surface area contributed by atoms with Crippen LogP contribution >= 0.6 is 0 Å². The molecular formula is C20H22F3N3O. The van der Waals surface area contributed by atoms with E-state index in [1.807, 2.05) is 4.90 Å². The standard InChI is InChI=1S/C20H22F3N3O/c21-16-7-5-15(6-8-16)13-25-9-2-10-26(12-11-25)14-19(27)24-20-17(22)3-1-4-18(20)23/h1,3-8H,2,9-14H2,(H,24,27). The van der Waals surface area contributed by atoms with Crippen molar-refractivity contribution in [1.82, 2.24) is 9.80 Å². The van der Waals surface area contributed by atoms with Gasteiger partial charge in [-0.25, -0.2) is 13.2 Å². The number of carbonyl (C=O) groups excluding carboxylic acids is 1. The fourth-order valence-electron chi connectivity index (χ4n) is 3.19. The number of halogens is 3. The van der Waals surface area contributed by atoms with Crippen molar-refractivity contribution in [1.29, 1.82) is 0 Å². The third-order valence-corrected chi connectivity index (χ3v) is 4.59. The highest BCUT2D eigenvalue weighted by Gasteiger charge is 2.19. The third-order valence-electron chi connectivity index (χ3n) is 4.59. The van der Waals surface area contributed by atoms with Gasteiger partial charge in [-0.1, -0.05) is 18.2 Å². The monoisotopic (exact) mass is 377 g/mol. The molecule has 1 saturated heterocycles. The Labute approximate surface area is 156 Å². The minimum absolute atomic E-state index is 0.0815. The molecule has 0 unspecified atom stereocenters. The van der Waals surface area contributed by atoms with Crippen LogP contribution in [0.25, 0.3) is 0 Å². The van der Waals surface area contributed by atoms with Crippen molar-refractivity contribution in [2.24, 2.45) is 0 Å². The molecule has 4 nitrogen and oxygen atoms in total. The molecule has 27 heavy (non-hydrogen) atoms. The lowest BCUT2D eigenvalue weighted by Gasteiger charge is -2.21. The van der Waals surface area contributed by atoms with E-state index in [2.05, 4.69) is 10.2 Å². The van der Waals surface area contributed by atoms with E-state index in [1.54, 1.807) is 12.1 Å². The molecule has 1 heterocycles. The first kappa shape index (κ1) is 19.4. The molecule has 0 spiro atoms. The number of rotatable bonds is 5. The van der Waals surface area contributed by atoms with Crippen LogP contribution in [-0.2, 0) is 11.3 Å². The number of nitrogens with zero attached hydrogens (tertiary/aromatic N) is 2. The van der Waals surface area contributed by atoms with Crippen molar-refractivity contribution in [2.45, 2.75) is 13.0 Å². The summed E-state index contributed by atoms with van der Waals surface area (Å²) in [5, 5.41) is 2.32. The number of para-hydroxylation sites is 1. The van der Waals surface area contributed by atoms with Crippen molar-refractivity contribution in [2.75, 3.05) is 38.0 Å². The number of hydrogen-bond donors (Lipinski definition) is 1. The first-order valence-electron chi connectivity index (χ1n) is 8.94. The Morgan fingerprint density at radius 1 is 0.889 bits per heavy atom. The van der Waals surface area contributed by atoms with E-state index >= 15 is 0 Å². The van der Waals surface area contributed by atoms with Crippen molar-refractivity contribution >= 4 is 11.6 Å². The maximum atomic E-state index is 13.6. The maximum absolute atomic E-state index is 13.6. The molecule has 0 saturated carbocycles. The van der Waals surface area contributed by atoms with Crippen LogP contribution in [0.4, 0.5) is 18.9 Å². The van der Waals surface area contributed by atoms with Crippen LogP contribution in [0.5, 0.6) is 0 Å². The number of hydrogen-bond acceptors (Lipinski definition) is 3. The highest BCUT2D eigenvalue weighted by atomic mass is 19.1. The molecule has 1 amide bonds. The van der Waals surface area contributed by atoms with Gasteiger partial charge in [0.05, 0.1) is 6.54 Å². The van der Waals surface area contributed by atoms with E-state index in [1.165, 1.54) is 18.2 Å². The lowest BCUT2D eigenvalue weighted by Crippen LogP contribution is -2.36. The maximum Gasteiger partial charge on any atom is 0.238 e. The molecule has 0 radical (unpaired) electrons.